The largest absolute Gasteiger partial charge is 1.00 e. The number of hydrogen-bond acceptors (Lipinski definition) is 4. The number of ether oxygens (including phenoxy) is 3. The quantitative estimate of drug-likeness (QED) is 0.565. The number of carbonyl (C=O) groups is 1. The number of methoxy groups -OCH3 is 3. The van der Waals surface area contributed by atoms with Crippen LogP contribution in [0.2, 0.25) is 0 Å². The molecule has 0 saturated heterocycles. The Kier molecular flexibility index (Phi) is 7.65. The Balaban J connectivity index is 0.00000264. The molecule has 2 aromatic carbocycles. The maximum absolute atomic E-state index is 12.7. The third-order valence-corrected chi connectivity index (χ3v) is 4.35. The Bertz CT molecular complexity index is 652. The van der Waals surface area contributed by atoms with Gasteiger partial charge in [-0.15, -0.1) is 0 Å². The first-order valence-electron chi connectivity index (χ1n) is 6.77. The standard InChI is InChI=1S/C17H19O4P.Li.H/c1-11-5-7-13(8-6-11)22-17(18)16-14(20-3)9-12(19-2)10-15(16)21-4;;/h5-10,22H,1-4H3;;/q;+1;-1. The van der Waals surface area contributed by atoms with E-state index in [-0.39, 0.29) is 34.4 Å². The van der Waals surface area contributed by atoms with Gasteiger partial charge in [-0.05, 0) is 20.8 Å². The second kappa shape index (κ2) is 8.99. The van der Waals surface area contributed by atoms with Crippen LogP contribution >= 0.6 is 8.58 Å². The Hall–Kier alpha value is -1.46. The van der Waals surface area contributed by atoms with Crippen LogP contribution in [0.15, 0.2) is 36.4 Å². The summed E-state index contributed by atoms with van der Waals surface area (Å²) in [5.74, 6) is 1.51. The molecule has 0 radical (unpaired) electrons. The van der Waals surface area contributed by atoms with Crippen molar-refractivity contribution in [3.63, 3.8) is 0 Å². The zero-order valence-corrected chi connectivity index (χ0v) is 15.1. The summed E-state index contributed by atoms with van der Waals surface area (Å²) in [5, 5.41) is 0.982. The molecule has 0 aliphatic heterocycles. The fourth-order valence-electron chi connectivity index (χ4n) is 2.06. The summed E-state index contributed by atoms with van der Waals surface area (Å²) < 4.78 is 15.9. The van der Waals surface area contributed by atoms with E-state index in [1.165, 1.54) is 19.8 Å². The van der Waals surface area contributed by atoms with E-state index in [1.54, 1.807) is 19.2 Å². The maximum Gasteiger partial charge on any atom is 1.00 e. The number of carbonyl (C=O) groups excluding carboxylic acids is 1. The van der Waals surface area contributed by atoms with Gasteiger partial charge in [-0.3, -0.25) is 4.79 Å². The molecule has 2 rings (SSSR count). The van der Waals surface area contributed by atoms with Crippen molar-refractivity contribution in [1.82, 2.24) is 0 Å². The fourth-order valence-corrected chi connectivity index (χ4v) is 3.03. The van der Waals surface area contributed by atoms with Crippen molar-refractivity contribution in [2.75, 3.05) is 21.3 Å². The summed E-state index contributed by atoms with van der Waals surface area (Å²) in [4.78, 5) is 12.7. The normalized spacial score (nSPS) is 10.3. The molecular formula is C17H20LiO4P. The van der Waals surface area contributed by atoms with Crippen LogP contribution < -0.4 is 38.4 Å². The third-order valence-electron chi connectivity index (χ3n) is 3.25. The van der Waals surface area contributed by atoms with Gasteiger partial charge in [0.25, 0.3) is 0 Å². The molecule has 1 unspecified atom stereocenters. The second-order valence-corrected chi connectivity index (χ2v) is 6.01. The zero-order valence-electron chi connectivity index (χ0n) is 15.1. The van der Waals surface area contributed by atoms with Gasteiger partial charge in [0, 0.05) is 12.1 Å². The minimum Gasteiger partial charge on any atom is -1.00 e. The van der Waals surface area contributed by atoms with Gasteiger partial charge in [0.2, 0.25) is 0 Å². The minimum atomic E-state index is -0.0276. The molecule has 0 aliphatic carbocycles. The van der Waals surface area contributed by atoms with E-state index < -0.39 is 0 Å². The third kappa shape index (κ3) is 4.75. The first-order chi connectivity index (χ1) is 10.6. The average Bonchev–Trinajstić information content (AvgIpc) is 2.55. The summed E-state index contributed by atoms with van der Waals surface area (Å²) in [6.07, 6.45) is 0. The molecule has 0 heterocycles. The molecule has 0 saturated carbocycles. The van der Waals surface area contributed by atoms with Crippen molar-refractivity contribution in [2.24, 2.45) is 0 Å². The Labute approximate surface area is 152 Å². The number of aryl methyl sites for hydroxylation is 1. The Morgan fingerprint density at radius 1 is 0.957 bits per heavy atom. The second-order valence-electron chi connectivity index (χ2n) is 4.73. The first-order valence-corrected chi connectivity index (χ1v) is 7.77. The van der Waals surface area contributed by atoms with Gasteiger partial charge in [0.15, 0.2) is 5.52 Å². The molecule has 0 aromatic heterocycles. The molecule has 118 valence electrons. The van der Waals surface area contributed by atoms with Crippen molar-refractivity contribution in [3.8, 4) is 17.2 Å². The smallest absolute Gasteiger partial charge is 1.00 e. The van der Waals surface area contributed by atoms with Crippen molar-refractivity contribution in [3.05, 3.63) is 47.5 Å². The molecule has 0 amide bonds. The van der Waals surface area contributed by atoms with E-state index in [0.717, 1.165) is 5.30 Å². The van der Waals surface area contributed by atoms with Crippen molar-refractivity contribution >= 4 is 19.4 Å². The first kappa shape index (κ1) is 19.6. The number of hydrogen-bond donors (Lipinski definition) is 0. The van der Waals surface area contributed by atoms with Crippen molar-refractivity contribution in [1.29, 1.82) is 0 Å². The summed E-state index contributed by atoms with van der Waals surface area (Å²) in [6, 6.07) is 11.3. The van der Waals surface area contributed by atoms with Gasteiger partial charge in [-0.1, -0.05) is 29.8 Å². The van der Waals surface area contributed by atoms with Gasteiger partial charge in [0.05, 0.1) is 21.3 Å². The van der Waals surface area contributed by atoms with Crippen molar-refractivity contribution in [2.45, 2.75) is 6.92 Å². The monoisotopic (exact) mass is 326 g/mol. The van der Waals surface area contributed by atoms with Gasteiger partial charge in [-0.25, -0.2) is 0 Å². The van der Waals surface area contributed by atoms with Crippen LogP contribution in [0.3, 0.4) is 0 Å². The fraction of sp³-hybridized carbons (Fsp3) is 0.235. The van der Waals surface area contributed by atoms with Gasteiger partial charge in [0.1, 0.15) is 22.8 Å². The minimum absolute atomic E-state index is 0. The van der Waals surface area contributed by atoms with E-state index in [0.29, 0.717) is 22.8 Å². The molecule has 23 heavy (non-hydrogen) atoms. The predicted octanol–water partition coefficient (Wildman–Crippen LogP) is 0.282. The summed E-state index contributed by atoms with van der Waals surface area (Å²) in [7, 11) is 4.62. The molecule has 0 aliphatic rings. The predicted molar refractivity (Wildman–Crippen MR) is 90.7 cm³/mol. The summed E-state index contributed by atoms with van der Waals surface area (Å²) >= 11 is 0. The Morgan fingerprint density at radius 3 is 1.91 bits per heavy atom. The van der Waals surface area contributed by atoms with E-state index in [1.807, 2.05) is 31.2 Å². The SMILES string of the molecule is COc1cc(OC)c(C(=O)Pc2ccc(C)cc2)c(OC)c1.[H-].[Li+]. The van der Waals surface area contributed by atoms with E-state index in [4.69, 9.17) is 14.2 Å². The molecular weight excluding hydrogens is 306 g/mol. The molecule has 2 aromatic rings. The van der Waals surface area contributed by atoms with E-state index in [2.05, 4.69) is 0 Å². The zero-order chi connectivity index (χ0) is 16.1. The van der Waals surface area contributed by atoms with Crippen LogP contribution in [0.1, 0.15) is 17.3 Å². The maximum atomic E-state index is 12.7. The number of benzene rings is 2. The molecule has 0 N–H and O–H groups in total. The van der Waals surface area contributed by atoms with Gasteiger partial charge < -0.3 is 15.6 Å². The van der Waals surface area contributed by atoms with Gasteiger partial charge in [-0.2, -0.15) is 0 Å². The van der Waals surface area contributed by atoms with E-state index in [9.17, 15) is 4.79 Å². The summed E-state index contributed by atoms with van der Waals surface area (Å²) in [6.45, 7) is 2.02. The van der Waals surface area contributed by atoms with Gasteiger partial charge >= 0.3 is 18.9 Å². The average molecular weight is 326 g/mol. The molecule has 0 bridgehead atoms. The Morgan fingerprint density at radius 2 is 1.48 bits per heavy atom. The topological polar surface area (TPSA) is 44.8 Å². The van der Waals surface area contributed by atoms with Crippen LogP contribution in [0.5, 0.6) is 17.2 Å². The summed E-state index contributed by atoms with van der Waals surface area (Å²) in [5.41, 5.74) is 1.59. The van der Waals surface area contributed by atoms with Crippen LogP contribution in [0.4, 0.5) is 0 Å². The van der Waals surface area contributed by atoms with Crippen LogP contribution in [-0.2, 0) is 0 Å². The van der Waals surface area contributed by atoms with E-state index >= 15 is 0 Å². The van der Waals surface area contributed by atoms with Crippen LogP contribution in [0, 0.1) is 6.92 Å². The number of rotatable bonds is 6. The van der Waals surface area contributed by atoms with Crippen molar-refractivity contribution < 1.29 is 39.3 Å². The molecule has 1 atom stereocenters. The molecule has 6 heteroatoms. The van der Waals surface area contributed by atoms with Crippen LogP contribution in [-0.4, -0.2) is 26.9 Å². The van der Waals surface area contributed by atoms with Crippen LogP contribution in [0.25, 0.3) is 0 Å². The molecule has 0 fully saturated rings. The molecule has 0 spiro atoms. The molecule has 4 nitrogen and oxygen atoms in total.